The number of hydrogen-bond acceptors (Lipinski definition) is 6. The van der Waals surface area contributed by atoms with Crippen LogP contribution in [0, 0.1) is 6.92 Å². The van der Waals surface area contributed by atoms with Gasteiger partial charge in [-0.1, -0.05) is 29.8 Å². The summed E-state index contributed by atoms with van der Waals surface area (Å²) in [5.74, 6) is -0.955. The van der Waals surface area contributed by atoms with E-state index in [0.717, 1.165) is 15.9 Å². The second kappa shape index (κ2) is 10.9. The third-order valence-corrected chi connectivity index (χ3v) is 9.01. The highest BCUT2D eigenvalue weighted by Gasteiger charge is 2.71. The van der Waals surface area contributed by atoms with Crippen molar-refractivity contribution in [2.75, 3.05) is 17.5 Å². The predicted octanol–water partition coefficient (Wildman–Crippen LogP) is 3.68. The first-order chi connectivity index (χ1) is 19.0. The Hall–Kier alpha value is -3.17. The number of hydrogen-bond donors (Lipinski definition) is 2. The van der Waals surface area contributed by atoms with Crippen molar-refractivity contribution >= 4 is 27.4 Å². The normalized spacial score (nSPS) is 20.5. The molecule has 2 aliphatic heterocycles. The molecule has 0 spiro atoms. The van der Waals surface area contributed by atoms with Gasteiger partial charge in [0, 0.05) is 18.4 Å². The summed E-state index contributed by atoms with van der Waals surface area (Å²) in [6.07, 6.45) is -13.0. The van der Waals surface area contributed by atoms with Crippen LogP contribution in [0.15, 0.2) is 47.4 Å². The Balaban J connectivity index is 1.76. The Morgan fingerprint density at radius 1 is 1.05 bits per heavy atom. The lowest BCUT2D eigenvalue weighted by Crippen LogP contribution is -2.54. The molecule has 0 aliphatic carbocycles. The van der Waals surface area contributed by atoms with Gasteiger partial charge in [0.1, 0.15) is 6.04 Å². The number of nitrogens with zero attached hydrogens (tertiary/aromatic N) is 1. The lowest BCUT2D eigenvalue weighted by atomic mass is 9.87. The topological polar surface area (TPSA) is 113 Å². The quantitative estimate of drug-likeness (QED) is 0.484. The SMILES string of the molecule is Cc1ccc(S(=O)(=O)N2c3ccc(C(O)(C(F)(F)F)C(F)(F)F)cc3CCC2CC(=O)NC2COCCC2=O)cc1. The second-order valence-corrected chi connectivity index (χ2v) is 11.8. The Bertz CT molecular complexity index is 1410. The van der Waals surface area contributed by atoms with Crippen molar-refractivity contribution in [1.29, 1.82) is 0 Å². The number of fused-ring (bicyclic) bond motifs is 1. The molecule has 224 valence electrons. The van der Waals surface area contributed by atoms with Crippen molar-refractivity contribution in [2.24, 2.45) is 0 Å². The van der Waals surface area contributed by atoms with E-state index in [0.29, 0.717) is 12.1 Å². The van der Waals surface area contributed by atoms with Crippen molar-refractivity contribution in [3.63, 3.8) is 0 Å². The standard InChI is InChI=1S/C26H26F6N2O6S/c1-15-2-7-19(8-3-15)41(38,39)34-18(13-23(36)33-20-14-40-11-10-22(20)35)6-4-16-12-17(5-9-21(16)34)24(37,25(27,28)29)26(30,31)32/h2-3,5,7-9,12,18,20,37H,4,6,10-11,13-14H2,1H3,(H,33,36). The number of aliphatic hydroxyl groups is 1. The molecule has 2 unspecified atom stereocenters. The number of amides is 1. The summed E-state index contributed by atoms with van der Waals surface area (Å²) in [5.41, 5.74) is -6.42. The van der Waals surface area contributed by atoms with Crippen LogP contribution in [0.4, 0.5) is 32.0 Å². The molecule has 0 bridgehead atoms. The number of nitrogens with one attached hydrogen (secondary N) is 1. The summed E-state index contributed by atoms with van der Waals surface area (Å²) in [7, 11) is -4.48. The maximum atomic E-state index is 13.8. The van der Waals surface area contributed by atoms with E-state index in [-0.39, 0.29) is 54.4 Å². The van der Waals surface area contributed by atoms with Gasteiger partial charge in [0.25, 0.3) is 15.6 Å². The summed E-state index contributed by atoms with van der Waals surface area (Å²) < 4.78 is 115. The number of benzene rings is 2. The number of anilines is 1. The molecule has 0 radical (unpaired) electrons. The fourth-order valence-electron chi connectivity index (χ4n) is 4.91. The molecule has 2 heterocycles. The van der Waals surface area contributed by atoms with E-state index in [1.54, 1.807) is 6.92 Å². The molecule has 0 saturated carbocycles. The van der Waals surface area contributed by atoms with Crippen LogP contribution >= 0.6 is 0 Å². The van der Waals surface area contributed by atoms with E-state index in [1.165, 1.54) is 24.3 Å². The number of halogens is 6. The molecular weight excluding hydrogens is 582 g/mol. The van der Waals surface area contributed by atoms with E-state index >= 15 is 0 Å². The molecular formula is C26H26F6N2O6S. The lowest BCUT2D eigenvalue weighted by Gasteiger charge is -2.39. The lowest BCUT2D eigenvalue weighted by molar-refractivity contribution is -0.376. The fourth-order valence-corrected chi connectivity index (χ4v) is 6.63. The maximum absolute atomic E-state index is 13.8. The Morgan fingerprint density at radius 2 is 1.68 bits per heavy atom. The molecule has 2 atom stereocenters. The van der Waals surface area contributed by atoms with Crippen molar-refractivity contribution < 1.29 is 54.2 Å². The molecule has 1 fully saturated rings. The first-order valence-corrected chi connectivity index (χ1v) is 13.9. The van der Waals surface area contributed by atoms with Gasteiger partial charge in [-0.2, -0.15) is 26.3 Å². The molecule has 2 aromatic rings. The number of rotatable bonds is 6. The number of carbonyl (C=O) groups excluding carboxylic acids is 2. The third kappa shape index (κ3) is 5.79. The van der Waals surface area contributed by atoms with Crippen LogP contribution in [-0.4, -0.2) is 62.9 Å². The Kier molecular flexibility index (Phi) is 8.19. The number of ketones is 1. The van der Waals surface area contributed by atoms with Crippen molar-refractivity contribution in [2.45, 2.75) is 67.5 Å². The molecule has 2 N–H and O–H groups in total. The molecule has 4 rings (SSSR count). The molecule has 1 amide bonds. The van der Waals surface area contributed by atoms with E-state index in [4.69, 9.17) is 4.74 Å². The molecule has 41 heavy (non-hydrogen) atoms. The van der Waals surface area contributed by atoms with Crippen LogP contribution in [-0.2, 0) is 36.4 Å². The van der Waals surface area contributed by atoms with Crippen LogP contribution < -0.4 is 9.62 Å². The van der Waals surface area contributed by atoms with Gasteiger partial charge < -0.3 is 15.2 Å². The summed E-state index contributed by atoms with van der Waals surface area (Å²) in [4.78, 5) is 24.7. The van der Waals surface area contributed by atoms with Gasteiger partial charge in [-0.05, 0) is 43.5 Å². The minimum atomic E-state index is -6.12. The van der Waals surface area contributed by atoms with Gasteiger partial charge in [0.2, 0.25) is 5.91 Å². The van der Waals surface area contributed by atoms with Gasteiger partial charge in [-0.15, -0.1) is 0 Å². The molecule has 15 heteroatoms. The van der Waals surface area contributed by atoms with E-state index in [9.17, 15) is 49.5 Å². The summed E-state index contributed by atoms with van der Waals surface area (Å²) in [6.45, 7) is 1.85. The highest BCUT2D eigenvalue weighted by atomic mass is 32.2. The molecule has 1 saturated heterocycles. The third-order valence-electron chi connectivity index (χ3n) is 7.13. The van der Waals surface area contributed by atoms with Gasteiger partial charge in [0.05, 0.1) is 29.8 Å². The van der Waals surface area contributed by atoms with Gasteiger partial charge in [0.15, 0.2) is 5.78 Å². The summed E-state index contributed by atoms with van der Waals surface area (Å²) in [5, 5.41) is 12.4. The molecule has 0 aromatic heterocycles. The smallest absolute Gasteiger partial charge is 0.378 e. The number of Topliss-reactive ketones (excluding diaryl/α,β-unsaturated/α-hetero) is 1. The van der Waals surface area contributed by atoms with Crippen molar-refractivity contribution in [3.05, 3.63) is 59.2 Å². The highest BCUT2D eigenvalue weighted by Crippen LogP contribution is 2.51. The number of carbonyl (C=O) groups is 2. The average molecular weight is 609 g/mol. The van der Waals surface area contributed by atoms with Gasteiger partial charge in [-0.25, -0.2) is 8.42 Å². The summed E-state index contributed by atoms with van der Waals surface area (Å²) in [6, 6.07) is 5.18. The number of sulfonamides is 1. The van der Waals surface area contributed by atoms with Crippen LogP contribution in [0.25, 0.3) is 0 Å². The van der Waals surface area contributed by atoms with E-state index in [2.05, 4.69) is 5.32 Å². The first-order valence-electron chi connectivity index (χ1n) is 12.5. The van der Waals surface area contributed by atoms with E-state index in [1.807, 2.05) is 0 Å². The zero-order chi connectivity index (χ0) is 30.4. The zero-order valence-corrected chi connectivity index (χ0v) is 22.4. The van der Waals surface area contributed by atoms with Crippen LogP contribution in [0.3, 0.4) is 0 Å². The van der Waals surface area contributed by atoms with Crippen LogP contribution in [0.5, 0.6) is 0 Å². The predicted molar refractivity (Wildman–Crippen MR) is 132 cm³/mol. The van der Waals surface area contributed by atoms with Gasteiger partial charge >= 0.3 is 12.4 Å². The zero-order valence-electron chi connectivity index (χ0n) is 21.6. The fraction of sp³-hybridized carbons (Fsp3) is 0.462. The van der Waals surface area contributed by atoms with Crippen LogP contribution in [0.1, 0.15) is 36.0 Å². The number of ether oxygens (including phenoxy) is 1. The van der Waals surface area contributed by atoms with E-state index < -0.39 is 58.0 Å². The maximum Gasteiger partial charge on any atom is 0.430 e. The Morgan fingerprint density at radius 3 is 2.27 bits per heavy atom. The highest BCUT2D eigenvalue weighted by molar-refractivity contribution is 7.92. The minimum absolute atomic E-state index is 0.0620. The van der Waals surface area contributed by atoms with Gasteiger partial charge in [-0.3, -0.25) is 13.9 Å². The summed E-state index contributed by atoms with van der Waals surface area (Å²) >= 11 is 0. The number of alkyl halides is 6. The first kappa shape index (κ1) is 30.8. The largest absolute Gasteiger partial charge is 0.430 e. The second-order valence-electron chi connectivity index (χ2n) is 9.97. The monoisotopic (exact) mass is 608 g/mol. The molecule has 8 nitrogen and oxygen atoms in total. The number of aryl methyl sites for hydroxylation is 2. The van der Waals surface area contributed by atoms with Crippen molar-refractivity contribution in [3.8, 4) is 0 Å². The molecule has 2 aromatic carbocycles. The Labute approximate surface area is 231 Å². The average Bonchev–Trinajstić information content (AvgIpc) is 2.88. The van der Waals surface area contributed by atoms with Crippen molar-refractivity contribution in [1.82, 2.24) is 5.32 Å². The minimum Gasteiger partial charge on any atom is -0.378 e. The molecule has 2 aliphatic rings. The van der Waals surface area contributed by atoms with Crippen LogP contribution in [0.2, 0.25) is 0 Å².